The van der Waals surface area contributed by atoms with Crippen molar-refractivity contribution in [2.24, 2.45) is 0 Å². The first-order valence-corrected chi connectivity index (χ1v) is 7.86. The first-order chi connectivity index (χ1) is 9.95. The van der Waals surface area contributed by atoms with E-state index in [9.17, 15) is 9.36 Å². The van der Waals surface area contributed by atoms with Crippen LogP contribution in [0.5, 0.6) is 0 Å². The van der Waals surface area contributed by atoms with Gasteiger partial charge < -0.3 is 0 Å². The average Bonchev–Trinajstić information content (AvgIpc) is 2.49. The van der Waals surface area contributed by atoms with Crippen LogP contribution in [0.25, 0.3) is 0 Å². The molecule has 108 valence electrons. The zero-order valence-electron chi connectivity index (χ0n) is 12.6. The van der Waals surface area contributed by atoms with Gasteiger partial charge in [0, 0.05) is 5.56 Å². The molecule has 0 fully saturated rings. The summed E-state index contributed by atoms with van der Waals surface area (Å²) in [5.41, 5.74) is 4.22. The third-order valence-electron chi connectivity index (χ3n) is 3.60. The van der Waals surface area contributed by atoms with Gasteiger partial charge in [0.2, 0.25) is 5.30 Å². The first kappa shape index (κ1) is 15.6. The van der Waals surface area contributed by atoms with Crippen molar-refractivity contribution in [3.63, 3.8) is 0 Å². The Hall–Kier alpha value is -1.83. The average molecular weight is 301 g/mol. The van der Waals surface area contributed by atoms with E-state index in [4.69, 9.17) is 4.52 Å². The fraction of sp³-hybridized carbons (Fsp3) is 0.235. The molecule has 0 N–H and O–H groups in total. The summed E-state index contributed by atoms with van der Waals surface area (Å²) in [6.07, 6.45) is 0. The van der Waals surface area contributed by atoms with Crippen molar-refractivity contribution in [3.05, 3.63) is 64.2 Å². The van der Waals surface area contributed by atoms with Gasteiger partial charge in [-0.25, -0.2) is 0 Å². The molecule has 1 unspecified atom stereocenters. The molecule has 0 saturated heterocycles. The number of carbonyl (C=O) groups excluding carboxylic acids is 1. The molecule has 2 aromatic carbocycles. The molecule has 0 spiro atoms. The maximum atomic E-state index is 12.8. The molecule has 4 heteroatoms. The third kappa shape index (κ3) is 3.10. The van der Waals surface area contributed by atoms with Crippen molar-refractivity contribution >= 4 is 19.1 Å². The Bertz CT molecular complexity index is 720. The predicted octanol–water partition coefficient (Wildman–Crippen LogP) is 3.86. The van der Waals surface area contributed by atoms with Crippen molar-refractivity contribution in [1.82, 2.24) is 0 Å². The molecule has 2 aromatic rings. The molecular formula is C17H18O3P+. The van der Waals surface area contributed by atoms with Gasteiger partial charge in [-0.05, 0) is 60.2 Å². The van der Waals surface area contributed by atoms with Crippen LogP contribution in [0.2, 0.25) is 0 Å². The summed E-state index contributed by atoms with van der Waals surface area (Å²) < 4.78 is 16.8. The first-order valence-electron chi connectivity index (χ1n) is 6.68. The van der Waals surface area contributed by atoms with Gasteiger partial charge in [0.25, 0.3) is 0 Å². The maximum Gasteiger partial charge on any atom is 0.549 e. The van der Waals surface area contributed by atoms with E-state index < -0.39 is 8.03 Å². The van der Waals surface area contributed by atoms with Crippen LogP contribution in [0, 0.1) is 20.8 Å². The second kappa shape index (κ2) is 6.30. The van der Waals surface area contributed by atoms with E-state index in [0.717, 1.165) is 16.7 Å². The predicted molar refractivity (Wildman–Crippen MR) is 84.8 cm³/mol. The molecule has 0 radical (unpaired) electrons. The zero-order chi connectivity index (χ0) is 15.6. The standard InChI is InChI=1S/C17H18O3P/c1-11-9-13(3)15(10-12(11)2)17(18)14-7-5-6-8-16(14)21(19)20-4/h5-10H,1-4H3/q+1. The summed E-state index contributed by atoms with van der Waals surface area (Å²) in [4.78, 5) is 12.8. The Labute approximate surface area is 125 Å². The normalized spacial score (nSPS) is 11.3. The molecular weight excluding hydrogens is 283 g/mol. The number of rotatable bonds is 4. The van der Waals surface area contributed by atoms with Crippen molar-refractivity contribution in [2.45, 2.75) is 20.8 Å². The number of carbonyl (C=O) groups is 1. The highest BCUT2D eigenvalue weighted by molar-refractivity contribution is 7.48. The van der Waals surface area contributed by atoms with E-state index in [1.54, 1.807) is 24.3 Å². The third-order valence-corrected chi connectivity index (χ3v) is 4.71. The number of benzene rings is 2. The van der Waals surface area contributed by atoms with Gasteiger partial charge in [0.1, 0.15) is 0 Å². The number of hydrogen-bond donors (Lipinski definition) is 0. The van der Waals surface area contributed by atoms with E-state index in [1.165, 1.54) is 7.11 Å². The summed E-state index contributed by atoms with van der Waals surface area (Å²) in [5.74, 6) is -0.119. The second-order valence-corrected chi connectivity index (χ2v) is 6.40. The Morgan fingerprint density at radius 1 is 0.952 bits per heavy atom. The van der Waals surface area contributed by atoms with E-state index in [-0.39, 0.29) is 5.78 Å². The molecule has 0 bridgehead atoms. The van der Waals surface area contributed by atoms with Crippen LogP contribution >= 0.6 is 8.03 Å². The van der Waals surface area contributed by atoms with Crippen LogP contribution < -0.4 is 5.30 Å². The van der Waals surface area contributed by atoms with Crippen molar-refractivity contribution in [3.8, 4) is 0 Å². The Kier molecular flexibility index (Phi) is 4.66. The zero-order valence-corrected chi connectivity index (χ0v) is 13.5. The Morgan fingerprint density at radius 3 is 2.24 bits per heavy atom. The minimum atomic E-state index is -2.01. The number of ketones is 1. The fourth-order valence-corrected chi connectivity index (χ4v) is 3.05. The molecule has 0 aliphatic carbocycles. The quantitative estimate of drug-likeness (QED) is 0.636. The van der Waals surface area contributed by atoms with Gasteiger partial charge in [0.15, 0.2) is 5.78 Å². The second-order valence-electron chi connectivity index (χ2n) is 5.04. The summed E-state index contributed by atoms with van der Waals surface area (Å²) in [6, 6.07) is 10.8. The van der Waals surface area contributed by atoms with Crippen LogP contribution in [-0.4, -0.2) is 12.9 Å². The van der Waals surface area contributed by atoms with Crippen LogP contribution in [0.15, 0.2) is 36.4 Å². The summed E-state index contributed by atoms with van der Waals surface area (Å²) in [6.45, 7) is 5.91. The lowest BCUT2D eigenvalue weighted by Crippen LogP contribution is -2.15. The van der Waals surface area contributed by atoms with Crippen LogP contribution in [-0.2, 0) is 9.09 Å². The lowest BCUT2D eigenvalue weighted by atomic mass is 9.95. The minimum Gasteiger partial charge on any atom is -0.288 e. The molecule has 0 aliphatic rings. The molecule has 1 atom stereocenters. The van der Waals surface area contributed by atoms with E-state index in [1.807, 2.05) is 32.9 Å². The number of hydrogen-bond acceptors (Lipinski definition) is 3. The number of aryl methyl sites for hydroxylation is 3. The van der Waals surface area contributed by atoms with Gasteiger partial charge in [-0.3, -0.25) is 4.79 Å². The van der Waals surface area contributed by atoms with Crippen molar-refractivity contribution < 1.29 is 13.9 Å². The van der Waals surface area contributed by atoms with Gasteiger partial charge >= 0.3 is 8.03 Å². The smallest absolute Gasteiger partial charge is 0.288 e. The topological polar surface area (TPSA) is 43.4 Å². The molecule has 3 nitrogen and oxygen atoms in total. The molecule has 0 aliphatic heterocycles. The van der Waals surface area contributed by atoms with Gasteiger partial charge in [-0.1, -0.05) is 18.2 Å². The highest BCUT2D eigenvalue weighted by Gasteiger charge is 2.28. The largest absolute Gasteiger partial charge is 0.549 e. The van der Waals surface area contributed by atoms with Crippen molar-refractivity contribution in [2.75, 3.05) is 7.11 Å². The minimum absolute atomic E-state index is 0.119. The molecule has 2 rings (SSSR count). The van der Waals surface area contributed by atoms with Crippen LogP contribution in [0.4, 0.5) is 0 Å². The monoisotopic (exact) mass is 301 g/mol. The molecule has 0 aromatic heterocycles. The Morgan fingerprint density at radius 2 is 1.57 bits per heavy atom. The highest BCUT2D eigenvalue weighted by Crippen LogP contribution is 2.25. The molecule has 21 heavy (non-hydrogen) atoms. The van der Waals surface area contributed by atoms with Crippen molar-refractivity contribution in [1.29, 1.82) is 0 Å². The highest BCUT2D eigenvalue weighted by atomic mass is 31.1. The van der Waals surface area contributed by atoms with Gasteiger partial charge in [0.05, 0.1) is 12.7 Å². The summed E-state index contributed by atoms with van der Waals surface area (Å²) in [5, 5.41) is 0.442. The van der Waals surface area contributed by atoms with Gasteiger partial charge in [-0.2, -0.15) is 0 Å². The lowest BCUT2D eigenvalue weighted by Gasteiger charge is -2.09. The van der Waals surface area contributed by atoms with E-state index in [0.29, 0.717) is 16.4 Å². The van der Waals surface area contributed by atoms with E-state index in [2.05, 4.69) is 0 Å². The van der Waals surface area contributed by atoms with Gasteiger partial charge in [-0.15, -0.1) is 4.52 Å². The van der Waals surface area contributed by atoms with E-state index >= 15 is 0 Å². The molecule has 0 heterocycles. The summed E-state index contributed by atoms with van der Waals surface area (Å²) >= 11 is 0. The van der Waals surface area contributed by atoms with Crippen LogP contribution in [0.1, 0.15) is 32.6 Å². The molecule has 0 amide bonds. The fourth-order valence-electron chi connectivity index (χ4n) is 2.27. The Balaban J connectivity index is 2.56. The SMILES string of the molecule is CO[P+](=O)c1ccccc1C(=O)c1cc(C)c(C)cc1C. The lowest BCUT2D eigenvalue weighted by molar-refractivity contribution is 0.103. The summed E-state index contributed by atoms with van der Waals surface area (Å²) in [7, 11) is -0.635. The molecule has 0 saturated carbocycles. The maximum absolute atomic E-state index is 12.8. The van der Waals surface area contributed by atoms with Crippen LogP contribution in [0.3, 0.4) is 0 Å².